The van der Waals surface area contributed by atoms with Gasteiger partial charge < -0.3 is 10.1 Å². The lowest BCUT2D eigenvalue weighted by molar-refractivity contribution is 0.186. The lowest BCUT2D eigenvalue weighted by Crippen LogP contribution is -2.30. The van der Waals surface area contributed by atoms with E-state index in [0.29, 0.717) is 0 Å². The summed E-state index contributed by atoms with van der Waals surface area (Å²) in [6.07, 6.45) is 9.81. The average molecular weight is 255 g/mol. The molecule has 0 saturated heterocycles. The van der Waals surface area contributed by atoms with Gasteiger partial charge >= 0.3 is 0 Å². The van der Waals surface area contributed by atoms with Crippen LogP contribution < -0.4 is 5.32 Å². The van der Waals surface area contributed by atoms with Crippen LogP contribution in [0.4, 0.5) is 0 Å². The van der Waals surface area contributed by atoms with E-state index in [-0.39, 0.29) is 0 Å². The van der Waals surface area contributed by atoms with Crippen molar-refractivity contribution in [3.05, 3.63) is 0 Å². The van der Waals surface area contributed by atoms with Crippen LogP contribution in [0.5, 0.6) is 0 Å². The van der Waals surface area contributed by atoms with E-state index in [1.807, 2.05) is 0 Å². The molecule has 1 aliphatic rings. The molecular formula is C16H33NO. The Bertz CT molecular complexity index is 188. The van der Waals surface area contributed by atoms with Crippen LogP contribution in [0.25, 0.3) is 0 Å². The fraction of sp³-hybridized carbons (Fsp3) is 1.00. The number of hydrogen-bond donors (Lipinski definition) is 1. The van der Waals surface area contributed by atoms with Gasteiger partial charge in [-0.25, -0.2) is 0 Å². The first-order chi connectivity index (χ1) is 8.74. The molecule has 0 spiro atoms. The molecule has 1 atom stereocenters. The lowest BCUT2D eigenvalue weighted by atomic mass is 9.86. The number of ether oxygens (including phenoxy) is 1. The fourth-order valence-electron chi connectivity index (χ4n) is 3.14. The van der Waals surface area contributed by atoms with E-state index in [4.69, 9.17) is 4.74 Å². The maximum absolute atomic E-state index is 5.15. The first kappa shape index (κ1) is 16.0. The molecule has 0 aromatic rings. The van der Waals surface area contributed by atoms with Gasteiger partial charge in [-0.2, -0.15) is 0 Å². The van der Waals surface area contributed by atoms with Crippen molar-refractivity contribution in [1.29, 1.82) is 0 Å². The molecule has 1 unspecified atom stereocenters. The minimum absolute atomic E-state index is 0.766. The van der Waals surface area contributed by atoms with Crippen LogP contribution in [0.15, 0.2) is 0 Å². The monoisotopic (exact) mass is 255 g/mol. The van der Waals surface area contributed by atoms with Crippen molar-refractivity contribution in [2.24, 2.45) is 17.8 Å². The zero-order valence-corrected chi connectivity index (χ0v) is 12.7. The minimum Gasteiger partial charge on any atom is -0.385 e. The summed E-state index contributed by atoms with van der Waals surface area (Å²) in [5, 5.41) is 3.67. The summed E-state index contributed by atoms with van der Waals surface area (Å²) in [6, 6.07) is 0. The maximum Gasteiger partial charge on any atom is 0.0462 e. The van der Waals surface area contributed by atoms with Gasteiger partial charge in [0.05, 0.1) is 0 Å². The second-order valence-electron chi connectivity index (χ2n) is 6.35. The van der Waals surface area contributed by atoms with E-state index in [1.165, 1.54) is 58.0 Å². The largest absolute Gasteiger partial charge is 0.385 e. The molecule has 1 rings (SSSR count). The molecule has 0 heterocycles. The normalized spacial score (nSPS) is 18.7. The highest BCUT2D eigenvalue weighted by Crippen LogP contribution is 2.33. The summed E-state index contributed by atoms with van der Waals surface area (Å²) >= 11 is 0. The van der Waals surface area contributed by atoms with E-state index in [2.05, 4.69) is 19.2 Å². The molecule has 1 N–H and O–H groups in total. The smallest absolute Gasteiger partial charge is 0.0462 e. The summed E-state index contributed by atoms with van der Waals surface area (Å²) in [6.45, 7) is 7.90. The molecule has 0 radical (unpaired) electrons. The van der Waals surface area contributed by atoms with Gasteiger partial charge in [-0.15, -0.1) is 0 Å². The number of hydrogen-bond acceptors (Lipinski definition) is 2. The summed E-state index contributed by atoms with van der Waals surface area (Å²) < 4.78 is 5.15. The Kier molecular flexibility index (Phi) is 8.70. The molecule has 0 aromatic heterocycles. The van der Waals surface area contributed by atoms with Gasteiger partial charge in [0.1, 0.15) is 0 Å². The van der Waals surface area contributed by atoms with Crippen molar-refractivity contribution in [3.8, 4) is 0 Å². The first-order valence-corrected chi connectivity index (χ1v) is 7.93. The van der Waals surface area contributed by atoms with E-state index < -0.39 is 0 Å². The standard InChI is InChI=1S/C16H33NO/c1-14(2)12-17-13-16(10-6-7-11-18-3)15-8-4-5-9-15/h14-17H,4-13H2,1-3H3. The van der Waals surface area contributed by atoms with Gasteiger partial charge in [0.25, 0.3) is 0 Å². The first-order valence-electron chi connectivity index (χ1n) is 7.93. The van der Waals surface area contributed by atoms with Gasteiger partial charge in [0.2, 0.25) is 0 Å². The summed E-state index contributed by atoms with van der Waals surface area (Å²) in [5.74, 6) is 2.66. The predicted octanol–water partition coefficient (Wildman–Crippen LogP) is 3.86. The molecule has 0 bridgehead atoms. The van der Waals surface area contributed by atoms with Crippen molar-refractivity contribution in [2.45, 2.75) is 58.8 Å². The third kappa shape index (κ3) is 6.75. The molecule has 1 aliphatic carbocycles. The molecule has 2 heteroatoms. The third-order valence-corrected chi connectivity index (χ3v) is 4.20. The van der Waals surface area contributed by atoms with Gasteiger partial charge in [0, 0.05) is 13.7 Å². The summed E-state index contributed by atoms with van der Waals surface area (Å²) in [5.41, 5.74) is 0. The Morgan fingerprint density at radius 1 is 1.11 bits per heavy atom. The van der Waals surface area contributed by atoms with Crippen molar-refractivity contribution in [1.82, 2.24) is 5.32 Å². The summed E-state index contributed by atoms with van der Waals surface area (Å²) in [4.78, 5) is 0. The summed E-state index contributed by atoms with van der Waals surface area (Å²) in [7, 11) is 1.80. The molecule has 0 aliphatic heterocycles. The van der Waals surface area contributed by atoms with Crippen molar-refractivity contribution in [2.75, 3.05) is 26.8 Å². The Hall–Kier alpha value is -0.0800. The maximum atomic E-state index is 5.15. The van der Waals surface area contributed by atoms with Gasteiger partial charge in [-0.05, 0) is 43.7 Å². The Labute approximate surface area is 114 Å². The number of rotatable bonds is 10. The van der Waals surface area contributed by atoms with E-state index in [1.54, 1.807) is 7.11 Å². The van der Waals surface area contributed by atoms with Crippen molar-refractivity contribution >= 4 is 0 Å². The quantitative estimate of drug-likeness (QED) is 0.599. The van der Waals surface area contributed by atoms with E-state index in [9.17, 15) is 0 Å². The Morgan fingerprint density at radius 2 is 1.83 bits per heavy atom. The van der Waals surface area contributed by atoms with Gasteiger partial charge in [-0.1, -0.05) is 46.0 Å². The van der Waals surface area contributed by atoms with Crippen LogP contribution in [0.2, 0.25) is 0 Å². The predicted molar refractivity (Wildman–Crippen MR) is 78.9 cm³/mol. The van der Waals surface area contributed by atoms with Crippen molar-refractivity contribution in [3.63, 3.8) is 0 Å². The highest BCUT2D eigenvalue weighted by Gasteiger charge is 2.24. The molecular weight excluding hydrogens is 222 g/mol. The van der Waals surface area contributed by atoms with Crippen LogP contribution in [-0.4, -0.2) is 26.8 Å². The van der Waals surface area contributed by atoms with E-state index >= 15 is 0 Å². The molecule has 18 heavy (non-hydrogen) atoms. The van der Waals surface area contributed by atoms with E-state index in [0.717, 1.165) is 24.4 Å². The van der Waals surface area contributed by atoms with Crippen LogP contribution in [0.1, 0.15) is 58.8 Å². The van der Waals surface area contributed by atoms with Crippen molar-refractivity contribution < 1.29 is 4.74 Å². The molecule has 1 fully saturated rings. The van der Waals surface area contributed by atoms with Gasteiger partial charge in [0.15, 0.2) is 0 Å². The molecule has 2 nitrogen and oxygen atoms in total. The van der Waals surface area contributed by atoms with Crippen LogP contribution in [0, 0.1) is 17.8 Å². The Morgan fingerprint density at radius 3 is 2.44 bits per heavy atom. The highest BCUT2D eigenvalue weighted by molar-refractivity contribution is 4.77. The van der Waals surface area contributed by atoms with Crippen LogP contribution >= 0.6 is 0 Å². The molecule has 0 aromatic carbocycles. The topological polar surface area (TPSA) is 21.3 Å². The third-order valence-electron chi connectivity index (χ3n) is 4.20. The second kappa shape index (κ2) is 9.80. The highest BCUT2D eigenvalue weighted by atomic mass is 16.5. The second-order valence-corrected chi connectivity index (χ2v) is 6.35. The zero-order chi connectivity index (χ0) is 13.2. The number of nitrogens with one attached hydrogen (secondary N) is 1. The fourth-order valence-corrected chi connectivity index (χ4v) is 3.14. The molecule has 108 valence electrons. The Balaban J connectivity index is 2.22. The molecule has 1 saturated carbocycles. The molecule has 0 amide bonds. The SMILES string of the molecule is COCCCCC(CNCC(C)C)C1CCCC1. The number of unbranched alkanes of at least 4 members (excludes halogenated alkanes) is 1. The lowest BCUT2D eigenvalue weighted by Gasteiger charge is -2.24. The zero-order valence-electron chi connectivity index (χ0n) is 12.7. The number of methoxy groups -OCH3 is 1. The van der Waals surface area contributed by atoms with Crippen LogP contribution in [-0.2, 0) is 4.74 Å². The van der Waals surface area contributed by atoms with Gasteiger partial charge in [-0.3, -0.25) is 0 Å². The van der Waals surface area contributed by atoms with Crippen LogP contribution in [0.3, 0.4) is 0 Å². The minimum atomic E-state index is 0.766. The average Bonchev–Trinajstić information content (AvgIpc) is 2.85.